The third kappa shape index (κ3) is 8.63. The van der Waals surface area contributed by atoms with Crippen LogP contribution in [0.25, 0.3) is 6.08 Å². The summed E-state index contributed by atoms with van der Waals surface area (Å²) in [5.74, 6) is -4.28. The molecular weight excluding hydrogens is 667 g/mol. The van der Waals surface area contributed by atoms with Gasteiger partial charge in [-0.3, -0.25) is 29.3 Å². The minimum absolute atomic E-state index is 0.113. The van der Waals surface area contributed by atoms with E-state index in [1.807, 2.05) is 35.1 Å². The molecular formula is C33H42F3N5O7S. The summed E-state index contributed by atoms with van der Waals surface area (Å²) in [6, 6.07) is 0.0625. The summed E-state index contributed by atoms with van der Waals surface area (Å²) in [7, 11) is -3.99. The molecule has 1 aromatic carbocycles. The highest BCUT2D eigenvalue weighted by Crippen LogP contribution is 2.31. The van der Waals surface area contributed by atoms with Crippen LogP contribution in [0.15, 0.2) is 36.9 Å². The maximum atomic E-state index is 14.3. The number of hydrogen-bond donors (Lipinski definition) is 3. The predicted molar refractivity (Wildman–Crippen MR) is 173 cm³/mol. The van der Waals surface area contributed by atoms with Crippen molar-refractivity contribution in [1.82, 2.24) is 25.2 Å². The second-order valence-corrected chi connectivity index (χ2v) is 15.0. The van der Waals surface area contributed by atoms with Crippen LogP contribution >= 0.6 is 0 Å². The van der Waals surface area contributed by atoms with Gasteiger partial charge in [-0.15, -0.1) is 6.58 Å². The van der Waals surface area contributed by atoms with Crippen LogP contribution < -0.4 is 15.4 Å². The van der Waals surface area contributed by atoms with Gasteiger partial charge in [0.25, 0.3) is 5.91 Å². The van der Waals surface area contributed by atoms with Crippen molar-refractivity contribution in [2.75, 3.05) is 13.1 Å². The van der Waals surface area contributed by atoms with Gasteiger partial charge in [0.2, 0.25) is 21.8 Å². The lowest BCUT2D eigenvalue weighted by Gasteiger charge is -2.31. The number of amides is 4. The van der Waals surface area contributed by atoms with Crippen LogP contribution in [0.5, 0.6) is 0 Å². The summed E-state index contributed by atoms with van der Waals surface area (Å²) in [6.07, 6.45) is 1.17. The Labute approximate surface area is 283 Å². The topological polar surface area (TPSA) is 154 Å². The fraction of sp³-hybridized carbons (Fsp3) is 0.576. The molecule has 4 bridgehead atoms. The van der Waals surface area contributed by atoms with E-state index in [9.17, 15) is 40.8 Å². The molecule has 5 rings (SSSR count). The molecule has 3 heterocycles. The molecule has 3 aliphatic heterocycles. The Hall–Kier alpha value is -3.92. The van der Waals surface area contributed by atoms with Crippen LogP contribution in [-0.2, 0) is 42.2 Å². The number of alkyl halides is 3. The van der Waals surface area contributed by atoms with E-state index in [-0.39, 0.29) is 26.1 Å². The Morgan fingerprint density at radius 2 is 1.90 bits per heavy atom. The Balaban J connectivity index is 1.40. The molecule has 4 aliphatic rings. The first-order chi connectivity index (χ1) is 23.2. The van der Waals surface area contributed by atoms with E-state index in [2.05, 4.69) is 17.2 Å². The lowest BCUT2D eigenvalue weighted by atomic mass is 10.0. The number of fused-ring (bicyclic) bond motifs is 3. The van der Waals surface area contributed by atoms with Crippen molar-refractivity contribution in [1.29, 1.82) is 0 Å². The van der Waals surface area contributed by atoms with Gasteiger partial charge in [-0.25, -0.2) is 13.2 Å². The number of rotatable bonds is 7. The SMILES string of the molecule is C=C[C@H](C)C(NC(=O)[C@@H]1C[C@@H]2CN1C(=O)[C@H](C(F)(F)F)NCCCCC/C=C/c1cccc3c1CN(C3)C(=O)O2)C(=O)NS(=O)(=O)C1CC1. The van der Waals surface area contributed by atoms with Gasteiger partial charge in [-0.05, 0) is 55.3 Å². The quantitative estimate of drug-likeness (QED) is 0.365. The monoisotopic (exact) mass is 709 g/mol. The summed E-state index contributed by atoms with van der Waals surface area (Å²) in [6.45, 7) is 4.99. The lowest BCUT2D eigenvalue weighted by molar-refractivity contribution is -0.177. The third-order valence-electron chi connectivity index (χ3n) is 9.35. The second kappa shape index (κ2) is 14.9. The molecule has 1 saturated carbocycles. The molecule has 49 heavy (non-hydrogen) atoms. The minimum atomic E-state index is -5.01. The molecule has 1 saturated heterocycles. The summed E-state index contributed by atoms with van der Waals surface area (Å²) >= 11 is 0. The number of sulfonamides is 1. The molecule has 268 valence electrons. The first-order valence-electron chi connectivity index (χ1n) is 16.5. The van der Waals surface area contributed by atoms with Gasteiger partial charge in [0, 0.05) is 18.9 Å². The van der Waals surface area contributed by atoms with E-state index in [0.717, 1.165) is 21.6 Å². The Morgan fingerprint density at radius 1 is 1.14 bits per heavy atom. The van der Waals surface area contributed by atoms with E-state index < -0.39 is 82.0 Å². The summed E-state index contributed by atoms with van der Waals surface area (Å²) < 4.78 is 75.5. The zero-order valence-corrected chi connectivity index (χ0v) is 28.0. The number of ether oxygens (including phenoxy) is 1. The first-order valence-corrected chi connectivity index (χ1v) is 18.1. The average Bonchev–Trinajstić information content (AvgIpc) is 3.69. The lowest BCUT2D eigenvalue weighted by Crippen LogP contribution is -2.59. The van der Waals surface area contributed by atoms with Crippen molar-refractivity contribution in [3.63, 3.8) is 0 Å². The Morgan fingerprint density at radius 3 is 2.59 bits per heavy atom. The maximum Gasteiger partial charge on any atom is 0.412 e. The van der Waals surface area contributed by atoms with Crippen molar-refractivity contribution < 1.29 is 45.5 Å². The molecule has 1 unspecified atom stereocenters. The number of nitrogens with zero attached hydrogens (tertiary/aromatic N) is 2. The van der Waals surface area contributed by atoms with Gasteiger partial charge in [0.15, 0.2) is 6.04 Å². The highest BCUT2D eigenvalue weighted by molar-refractivity contribution is 7.90. The summed E-state index contributed by atoms with van der Waals surface area (Å²) in [4.78, 5) is 56.0. The highest BCUT2D eigenvalue weighted by Gasteiger charge is 2.52. The third-order valence-corrected chi connectivity index (χ3v) is 11.2. The van der Waals surface area contributed by atoms with Crippen LogP contribution in [0.4, 0.5) is 18.0 Å². The van der Waals surface area contributed by atoms with E-state index in [4.69, 9.17) is 4.74 Å². The van der Waals surface area contributed by atoms with Crippen LogP contribution in [0, 0.1) is 5.92 Å². The van der Waals surface area contributed by atoms with Gasteiger partial charge in [0.1, 0.15) is 18.2 Å². The van der Waals surface area contributed by atoms with Crippen molar-refractivity contribution in [2.24, 2.45) is 5.92 Å². The molecule has 16 heteroatoms. The average molecular weight is 710 g/mol. The zero-order chi connectivity index (χ0) is 35.5. The van der Waals surface area contributed by atoms with E-state index in [0.29, 0.717) is 38.5 Å². The van der Waals surface area contributed by atoms with Crippen molar-refractivity contribution in [3.8, 4) is 0 Å². The van der Waals surface area contributed by atoms with E-state index in [1.54, 1.807) is 0 Å². The Kier molecular flexibility index (Phi) is 11.1. The number of carbonyl (C=O) groups excluding carboxylic acids is 4. The molecule has 1 aliphatic carbocycles. The van der Waals surface area contributed by atoms with E-state index in [1.165, 1.54) is 17.9 Å². The molecule has 2 fully saturated rings. The molecule has 0 spiro atoms. The highest BCUT2D eigenvalue weighted by atomic mass is 32.2. The molecule has 0 aromatic heterocycles. The van der Waals surface area contributed by atoms with Crippen LogP contribution in [-0.4, -0.2) is 90.8 Å². The number of allylic oxidation sites excluding steroid dienone is 1. The van der Waals surface area contributed by atoms with Crippen LogP contribution in [0.2, 0.25) is 0 Å². The molecule has 0 radical (unpaired) electrons. The normalized spacial score (nSPS) is 25.7. The number of benzene rings is 1. The molecule has 4 amide bonds. The van der Waals surface area contributed by atoms with Crippen LogP contribution in [0.3, 0.4) is 0 Å². The summed E-state index contributed by atoms with van der Waals surface area (Å²) in [5, 5.41) is 4.01. The van der Waals surface area contributed by atoms with Gasteiger partial charge in [-0.1, -0.05) is 49.8 Å². The zero-order valence-electron chi connectivity index (χ0n) is 27.2. The second-order valence-electron chi connectivity index (χ2n) is 13.1. The number of nitrogens with one attached hydrogen (secondary N) is 3. The number of halogens is 3. The smallest absolute Gasteiger partial charge is 0.412 e. The summed E-state index contributed by atoms with van der Waals surface area (Å²) in [5.41, 5.74) is 2.83. The molecule has 5 atom stereocenters. The van der Waals surface area contributed by atoms with Gasteiger partial charge in [-0.2, -0.15) is 13.2 Å². The van der Waals surface area contributed by atoms with Crippen molar-refractivity contribution >= 4 is 39.9 Å². The van der Waals surface area contributed by atoms with Crippen molar-refractivity contribution in [2.45, 2.75) is 101 Å². The maximum absolute atomic E-state index is 14.3. The van der Waals surface area contributed by atoms with E-state index >= 15 is 0 Å². The van der Waals surface area contributed by atoms with Crippen molar-refractivity contribution in [3.05, 3.63) is 53.6 Å². The fourth-order valence-electron chi connectivity index (χ4n) is 6.34. The molecule has 3 N–H and O–H groups in total. The fourth-order valence-corrected chi connectivity index (χ4v) is 7.67. The first kappa shape index (κ1) is 36.4. The molecule has 12 nitrogen and oxygen atoms in total. The number of carbonyl (C=O) groups is 4. The van der Waals surface area contributed by atoms with Gasteiger partial charge < -0.3 is 15.0 Å². The Bertz CT molecular complexity index is 1600. The minimum Gasteiger partial charge on any atom is -0.444 e. The predicted octanol–water partition coefficient (Wildman–Crippen LogP) is 3.13. The standard InChI is InChI=1S/C33H42F3N5O7S/c1-3-20(2)27(30(43)39-49(46,47)24-13-14-24)38-29(42)26-16-23-18-41(26)31(44)28(33(34,35)36)37-15-8-6-4-5-7-10-21-11-9-12-22-17-40(19-25(21)22)32(45)48-23/h3,7,9-12,20,23-24,26-28,37H,1,4-6,8,13-19H2,2H3,(H,38,42)(H,39,43)/b10-7+/t20-,23+,26-,27?,28+/m0/s1. The largest absolute Gasteiger partial charge is 0.444 e. The number of hydrogen-bond acceptors (Lipinski definition) is 8. The van der Waals surface area contributed by atoms with Crippen LogP contribution in [0.1, 0.15) is 68.6 Å². The van der Waals surface area contributed by atoms with Gasteiger partial charge >= 0.3 is 12.3 Å². The molecule has 1 aromatic rings. The van der Waals surface area contributed by atoms with Gasteiger partial charge in [0.05, 0.1) is 18.3 Å².